The SMILES string of the molecule is CN=C(NCCS(=O)C(C)(C)C)N(C)Cc1cc(Cl)cn1C. The molecule has 0 radical (unpaired) electrons. The number of nitrogens with one attached hydrogen (secondary N) is 1. The van der Waals surface area contributed by atoms with Gasteiger partial charge in [0.05, 0.1) is 11.6 Å². The lowest BCUT2D eigenvalue weighted by atomic mass is 10.3. The Balaban J connectivity index is 2.54. The minimum absolute atomic E-state index is 0.184. The van der Waals surface area contributed by atoms with Gasteiger partial charge in [0.15, 0.2) is 5.96 Å². The van der Waals surface area contributed by atoms with E-state index in [9.17, 15) is 4.21 Å². The van der Waals surface area contributed by atoms with E-state index in [4.69, 9.17) is 11.6 Å². The third-order valence-corrected chi connectivity index (χ3v) is 5.45. The topological polar surface area (TPSA) is 49.6 Å². The molecule has 1 N–H and O–H groups in total. The number of halogens is 1. The first-order chi connectivity index (χ1) is 10.1. The molecule has 0 aliphatic rings. The summed E-state index contributed by atoms with van der Waals surface area (Å²) in [6.07, 6.45) is 1.88. The van der Waals surface area contributed by atoms with Gasteiger partial charge in [-0.05, 0) is 26.8 Å². The summed E-state index contributed by atoms with van der Waals surface area (Å²) >= 11 is 6.00. The van der Waals surface area contributed by atoms with Crippen LogP contribution in [0.5, 0.6) is 0 Å². The first kappa shape index (κ1) is 19.0. The Labute approximate surface area is 141 Å². The summed E-state index contributed by atoms with van der Waals surface area (Å²) in [7, 11) is 4.82. The van der Waals surface area contributed by atoms with Crippen molar-refractivity contribution in [3.63, 3.8) is 0 Å². The highest BCUT2D eigenvalue weighted by Crippen LogP contribution is 2.14. The summed E-state index contributed by atoms with van der Waals surface area (Å²) in [5.41, 5.74) is 1.11. The molecule has 1 aromatic rings. The van der Waals surface area contributed by atoms with Crippen LogP contribution in [0.3, 0.4) is 0 Å². The van der Waals surface area contributed by atoms with Gasteiger partial charge in [0.1, 0.15) is 0 Å². The molecule has 0 aliphatic heterocycles. The van der Waals surface area contributed by atoms with Crippen LogP contribution in [0.2, 0.25) is 5.02 Å². The number of hydrogen-bond acceptors (Lipinski definition) is 2. The molecule has 1 atom stereocenters. The second-order valence-corrected chi connectivity index (χ2v) is 9.01. The predicted octanol–water partition coefficient (Wildman–Crippen LogP) is 2.23. The molecule has 5 nitrogen and oxygen atoms in total. The number of hydrogen-bond donors (Lipinski definition) is 1. The maximum Gasteiger partial charge on any atom is 0.193 e. The first-order valence-electron chi connectivity index (χ1n) is 7.26. The molecule has 0 spiro atoms. The van der Waals surface area contributed by atoms with Gasteiger partial charge in [-0.15, -0.1) is 0 Å². The molecule has 0 bridgehead atoms. The van der Waals surface area contributed by atoms with Crippen molar-refractivity contribution < 1.29 is 4.21 Å². The zero-order chi connectivity index (χ0) is 16.9. The number of rotatable bonds is 5. The highest BCUT2D eigenvalue weighted by molar-refractivity contribution is 7.86. The Kier molecular flexibility index (Phi) is 6.94. The Morgan fingerprint density at radius 1 is 1.50 bits per heavy atom. The van der Waals surface area contributed by atoms with E-state index in [1.807, 2.05) is 56.6 Å². The fourth-order valence-corrected chi connectivity index (χ4v) is 3.16. The minimum atomic E-state index is -0.865. The maximum absolute atomic E-state index is 12.0. The molecular weight excluding hydrogens is 320 g/mol. The average molecular weight is 347 g/mol. The van der Waals surface area contributed by atoms with Gasteiger partial charge in [-0.25, -0.2) is 0 Å². The second kappa shape index (κ2) is 8.02. The molecule has 1 unspecified atom stereocenters. The fraction of sp³-hybridized carbons (Fsp3) is 0.667. The molecule has 22 heavy (non-hydrogen) atoms. The molecule has 1 aromatic heterocycles. The predicted molar refractivity (Wildman–Crippen MR) is 96.0 cm³/mol. The summed E-state index contributed by atoms with van der Waals surface area (Å²) in [6, 6.07) is 1.94. The van der Waals surface area contributed by atoms with Crippen LogP contribution >= 0.6 is 11.6 Å². The largest absolute Gasteiger partial charge is 0.355 e. The molecule has 0 saturated carbocycles. The van der Waals surface area contributed by atoms with Gasteiger partial charge < -0.3 is 14.8 Å². The second-order valence-electron chi connectivity index (χ2n) is 6.25. The van der Waals surface area contributed by atoms with E-state index < -0.39 is 10.8 Å². The van der Waals surface area contributed by atoms with Crippen LogP contribution in [0.25, 0.3) is 0 Å². The van der Waals surface area contributed by atoms with E-state index in [0.29, 0.717) is 18.8 Å². The summed E-state index contributed by atoms with van der Waals surface area (Å²) in [6.45, 7) is 7.30. The van der Waals surface area contributed by atoms with Crippen LogP contribution in [0.1, 0.15) is 26.5 Å². The quantitative estimate of drug-likeness (QED) is 0.657. The van der Waals surface area contributed by atoms with Crippen molar-refractivity contribution in [2.24, 2.45) is 12.0 Å². The molecule has 126 valence electrons. The third kappa shape index (κ3) is 5.65. The van der Waals surface area contributed by atoms with E-state index in [0.717, 1.165) is 16.7 Å². The normalized spacial score (nSPS) is 14.0. The Morgan fingerprint density at radius 3 is 2.59 bits per heavy atom. The zero-order valence-electron chi connectivity index (χ0n) is 14.3. The average Bonchev–Trinajstić information content (AvgIpc) is 2.71. The lowest BCUT2D eigenvalue weighted by molar-refractivity contribution is 0.464. The van der Waals surface area contributed by atoms with Crippen molar-refractivity contribution in [1.82, 2.24) is 14.8 Å². The van der Waals surface area contributed by atoms with Gasteiger partial charge >= 0.3 is 0 Å². The van der Waals surface area contributed by atoms with Crippen molar-refractivity contribution in [2.45, 2.75) is 32.1 Å². The molecule has 7 heteroatoms. The van der Waals surface area contributed by atoms with Crippen molar-refractivity contribution >= 4 is 28.4 Å². The Morgan fingerprint density at radius 2 is 2.14 bits per heavy atom. The van der Waals surface area contributed by atoms with Crippen molar-refractivity contribution in [1.29, 1.82) is 0 Å². The summed E-state index contributed by atoms with van der Waals surface area (Å²) in [5, 5.41) is 3.99. The molecule has 1 heterocycles. The molecule has 0 amide bonds. The number of aliphatic imine (C=N–C) groups is 1. The van der Waals surface area contributed by atoms with Crippen molar-refractivity contribution in [2.75, 3.05) is 26.4 Å². The van der Waals surface area contributed by atoms with Crippen LogP contribution in [0.15, 0.2) is 17.3 Å². The molecule has 1 rings (SSSR count). The fourth-order valence-electron chi connectivity index (χ4n) is 1.99. The zero-order valence-corrected chi connectivity index (χ0v) is 15.9. The first-order valence-corrected chi connectivity index (χ1v) is 8.96. The minimum Gasteiger partial charge on any atom is -0.355 e. The van der Waals surface area contributed by atoms with Gasteiger partial charge in [-0.2, -0.15) is 0 Å². The van der Waals surface area contributed by atoms with Crippen molar-refractivity contribution in [3.8, 4) is 0 Å². The van der Waals surface area contributed by atoms with E-state index in [2.05, 4.69) is 10.3 Å². The van der Waals surface area contributed by atoms with Crippen LogP contribution < -0.4 is 5.32 Å². The number of nitrogens with zero attached hydrogens (tertiary/aromatic N) is 3. The van der Waals surface area contributed by atoms with E-state index in [1.54, 1.807) is 7.05 Å². The summed E-state index contributed by atoms with van der Waals surface area (Å²) in [4.78, 5) is 6.29. The van der Waals surface area contributed by atoms with Crippen LogP contribution in [0.4, 0.5) is 0 Å². The van der Waals surface area contributed by atoms with Gasteiger partial charge in [0, 0.05) is 60.9 Å². The monoisotopic (exact) mass is 346 g/mol. The van der Waals surface area contributed by atoms with Crippen LogP contribution in [0, 0.1) is 0 Å². The maximum atomic E-state index is 12.0. The van der Waals surface area contributed by atoms with Gasteiger partial charge in [0.25, 0.3) is 0 Å². The number of aromatic nitrogens is 1. The standard InChI is InChI=1S/C15H27ClN4OS/c1-15(2,3)22(21)8-7-18-14(17-4)20(6)11-13-9-12(16)10-19(13)5/h9-10H,7-8,11H2,1-6H3,(H,17,18). The van der Waals surface area contributed by atoms with E-state index >= 15 is 0 Å². The van der Waals surface area contributed by atoms with Gasteiger partial charge in [0.2, 0.25) is 0 Å². The molecule has 0 fully saturated rings. The molecule has 0 saturated heterocycles. The number of guanidine groups is 1. The molecule has 0 aliphatic carbocycles. The Hall–Kier alpha value is -1.01. The lowest BCUT2D eigenvalue weighted by Crippen LogP contribution is -2.41. The third-order valence-electron chi connectivity index (χ3n) is 3.30. The Bertz CT molecular complexity index is 548. The van der Waals surface area contributed by atoms with Crippen LogP contribution in [-0.2, 0) is 24.4 Å². The highest BCUT2D eigenvalue weighted by Gasteiger charge is 2.19. The highest BCUT2D eigenvalue weighted by atomic mass is 35.5. The van der Waals surface area contributed by atoms with E-state index in [1.165, 1.54) is 0 Å². The summed E-state index contributed by atoms with van der Waals surface area (Å²) in [5.74, 6) is 1.38. The van der Waals surface area contributed by atoms with Gasteiger partial charge in [-0.1, -0.05) is 11.6 Å². The molecule has 0 aromatic carbocycles. The molecular formula is C15H27ClN4OS. The lowest BCUT2D eigenvalue weighted by Gasteiger charge is -2.23. The van der Waals surface area contributed by atoms with Crippen molar-refractivity contribution in [3.05, 3.63) is 23.0 Å². The van der Waals surface area contributed by atoms with Gasteiger partial charge in [-0.3, -0.25) is 9.20 Å². The van der Waals surface area contributed by atoms with Crippen LogP contribution in [-0.4, -0.2) is 50.8 Å². The smallest absolute Gasteiger partial charge is 0.193 e. The van der Waals surface area contributed by atoms with E-state index in [-0.39, 0.29) is 4.75 Å². The number of aryl methyl sites for hydroxylation is 1. The summed E-state index contributed by atoms with van der Waals surface area (Å²) < 4.78 is 13.9.